The minimum Gasteiger partial charge on any atom is -0.265 e. The van der Waals surface area contributed by atoms with Crippen molar-refractivity contribution >= 4 is 46.6 Å². The number of hydrogen-bond acceptors (Lipinski definition) is 5. The molecule has 2 aromatic rings. The van der Waals surface area contributed by atoms with E-state index < -0.39 is 0 Å². The summed E-state index contributed by atoms with van der Waals surface area (Å²) in [7, 11) is 0. The quantitative estimate of drug-likeness (QED) is 0.353. The first-order chi connectivity index (χ1) is 10.2. The first-order valence-corrected chi connectivity index (χ1v) is 6.81. The molecule has 0 unspecified atom stereocenters. The fourth-order valence-corrected chi connectivity index (χ4v) is 2.22. The van der Waals surface area contributed by atoms with Crippen LogP contribution < -0.4 is 4.57 Å². The molecule has 1 N–H and O–H groups in total. The minimum absolute atomic E-state index is 0.117. The smallest absolute Gasteiger partial charge is 0.265 e. The monoisotopic (exact) mass is 311 g/mol. The molecule has 0 spiro atoms. The highest BCUT2D eigenvalue weighted by atomic mass is 32.1. The van der Waals surface area contributed by atoms with Gasteiger partial charge in [0.2, 0.25) is 0 Å². The number of aromatic nitrogens is 2. The average molecular weight is 311 g/mol. The van der Waals surface area contributed by atoms with E-state index in [1.165, 1.54) is 4.57 Å². The Labute approximate surface area is 133 Å². The summed E-state index contributed by atoms with van der Waals surface area (Å²) >= 11 is 9.00. The third-order valence-corrected chi connectivity index (χ3v) is 3.90. The zero-order valence-electron chi connectivity index (χ0n) is 10.9. The maximum Gasteiger partial charge on any atom is 0.351 e. The van der Waals surface area contributed by atoms with Crippen LogP contribution in [-0.2, 0) is 0 Å². The highest BCUT2D eigenvalue weighted by Gasteiger charge is 2.11. The van der Waals surface area contributed by atoms with E-state index in [2.05, 4.69) is 36.1 Å². The Morgan fingerprint density at radius 2 is 1.57 bits per heavy atom. The van der Waals surface area contributed by atoms with Crippen molar-refractivity contribution in [1.29, 1.82) is 10.7 Å². The predicted octanol–water partition coefficient (Wildman–Crippen LogP) is 2.67. The lowest BCUT2D eigenvalue weighted by atomic mass is 10.2. The van der Waals surface area contributed by atoms with E-state index in [0.29, 0.717) is 4.91 Å². The fraction of sp³-hybridized carbons (Fsp3) is 0. The van der Waals surface area contributed by atoms with E-state index in [1.54, 1.807) is 36.9 Å². The summed E-state index contributed by atoms with van der Waals surface area (Å²) in [5, 5.41) is 15.9. The Kier molecular flexibility index (Phi) is 4.96. The number of thiol groups is 2. The Hall–Kier alpha value is -2.32. The zero-order valence-corrected chi connectivity index (χ0v) is 12.6. The van der Waals surface area contributed by atoms with Gasteiger partial charge in [0.1, 0.15) is 0 Å². The lowest BCUT2D eigenvalue weighted by molar-refractivity contribution is -0.576. The maximum absolute atomic E-state index is 8.86. The lowest BCUT2D eigenvalue weighted by Gasteiger charge is -2.05. The number of pyridine rings is 2. The summed E-state index contributed by atoms with van der Waals surface area (Å²) < 4.78 is 1.52. The molecular weight excluding hydrogens is 300 g/mol. The van der Waals surface area contributed by atoms with Crippen molar-refractivity contribution in [2.24, 2.45) is 0 Å². The largest absolute Gasteiger partial charge is 0.351 e. The molecule has 2 heterocycles. The van der Waals surface area contributed by atoms with Gasteiger partial charge in [-0.3, -0.25) is 10.4 Å². The predicted molar refractivity (Wildman–Crippen MR) is 88.7 cm³/mol. The number of nitrogens with zero attached hydrogens (tertiary/aromatic N) is 3. The van der Waals surface area contributed by atoms with Crippen LogP contribution in [-0.4, -0.2) is 10.9 Å². The van der Waals surface area contributed by atoms with Crippen molar-refractivity contribution in [2.75, 3.05) is 0 Å². The Bertz CT molecular complexity index is 768. The first kappa shape index (κ1) is 15.1. The van der Waals surface area contributed by atoms with Crippen molar-refractivity contribution in [1.82, 2.24) is 4.98 Å². The molecule has 0 saturated carbocycles. The van der Waals surface area contributed by atoms with Gasteiger partial charge in [-0.25, -0.2) is 0 Å². The molecule has 0 amide bonds. The highest BCUT2D eigenvalue weighted by Crippen LogP contribution is 2.31. The number of nitrogens with one attached hydrogen (secondary N) is 1. The maximum atomic E-state index is 8.86. The van der Waals surface area contributed by atoms with Crippen LogP contribution in [0.25, 0.3) is 15.5 Å². The first-order valence-electron chi connectivity index (χ1n) is 5.92. The standard InChI is InChI=1S/C15H10N4S2/c16-9-13(10-17)19-7-3-12(4-8-19)15(21)14(20)11-1-5-18-6-2-11/h1-8,16,21H/p+1. The SMILES string of the molecule is N#CC(=C=N)[n+]1ccc(/C(S)=C(\S)c2ccncc2)cc1. The Balaban J connectivity index is 2.39. The van der Waals surface area contributed by atoms with E-state index in [1.807, 2.05) is 18.2 Å². The van der Waals surface area contributed by atoms with Gasteiger partial charge in [-0.1, -0.05) is 0 Å². The number of rotatable bonds is 3. The Morgan fingerprint density at radius 1 is 1.05 bits per heavy atom. The molecule has 102 valence electrons. The molecule has 2 aromatic heterocycles. The van der Waals surface area contributed by atoms with E-state index >= 15 is 0 Å². The number of hydrogen-bond donors (Lipinski definition) is 3. The fourth-order valence-electron chi connectivity index (χ4n) is 1.67. The normalized spacial score (nSPS) is 11.1. The van der Waals surface area contributed by atoms with Crippen LogP contribution in [0.2, 0.25) is 0 Å². The van der Waals surface area contributed by atoms with Crippen LogP contribution in [0.1, 0.15) is 11.1 Å². The molecule has 0 aliphatic heterocycles. The van der Waals surface area contributed by atoms with Gasteiger partial charge in [0.05, 0.1) is 5.87 Å². The third-order valence-electron chi connectivity index (χ3n) is 2.76. The minimum atomic E-state index is 0.117. The van der Waals surface area contributed by atoms with E-state index in [4.69, 9.17) is 10.7 Å². The van der Waals surface area contributed by atoms with Crippen LogP contribution in [0, 0.1) is 16.7 Å². The summed E-state index contributed by atoms with van der Waals surface area (Å²) in [5.74, 6) is 2.08. The average Bonchev–Trinajstić information content (AvgIpc) is 2.56. The van der Waals surface area contributed by atoms with E-state index in [9.17, 15) is 0 Å². The van der Waals surface area contributed by atoms with Gasteiger partial charge in [0.15, 0.2) is 18.5 Å². The second-order valence-corrected chi connectivity index (χ2v) is 4.91. The van der Waals surface area contributed by atoms with Crippen LogP contribution in [0.4, 0.5) is 0 Å². The molecule has 0 aliphatic carbocycles. The second-order valence-electron chi connectivity index (χ2n) is 4.01. The van der Waals surface area contributed by atoms with Gasteiger partial charge < -0.3 is 0 Å². The molecule has 0 aromatic carbocycles. The summed E-state index contributed by atoms with van der Waals surface area (Å²) in [6.45, 7) is 0. The van der Waals surface area contributed by atoms with E-state index in [0.717, 1.165) is 16.0 Å². The van der Waals surface area contributed by atoms with Crippen LogP contribution >= 0.6 is 25.3 Å². The van der Waals surface area contributed by atoms with Crippen molar-refractivity contribution in [3.05, 3.63) is 60.2 Å². The Morgan fingerprint density at radius 3 is 2.05 bits per heavy atom. The molecule has 4 nitrogen and oxygen atoms in total. The van der Waals surface area contributed by atoms with E-state index in [-0.39, 0.29) is 5.70 Å². The number of allylic oxidation sites excluding steroid dienone is 1. The van der Waals surface area contributed by atoms with Crippen LogP contribution in [0.15, 0.2) is 49.1 Å². The molecule has 21 heavy (non-hydrogen) atoms. The van der Waals surface area contributed by atoms with Gasteiger partial charge in [0.25, 0.3) is 0 Å². The van der Waals surface area contributed by atoms with Crippen LogP contribution in [0.5, 0.6) is 0 Å². The molecule has 6 heteroatoms. The summed E-state index contributed by atoms with van der Waals surface area (Å²) in [6, 6.07) is 9.20. The molecule has 0 bridgehead atoms. The number of nitriles is 1. The molecule has 0 aliphatic rings. The van der Waals surface area contributed by atoms with Crippen molar-refractivity contribution < 1.29 is 4.57 Å². The molecule has 2 rings (SSSR count). The summed E-state index contributed by atoms with van der Waals surface area (Å²) in [6.07, 6.45) is 6.75. The zero-order chi connectivity index (χ0) is 15.2. The third kappa shape index (κ3) is 3.41. The molecule has 0 radical (unpaired) electrons. The summed E-state index contributed by atoms with van der Waals surface area (Å²) in [4.78, 5) is 5.42. The lowest BCUT2D eigenvalue weighted by Crippen LogP contribution is -2.30. The molecule has 0 saturated heterocycles. The van der Waals surface area contributed by atoms with Gasteiger partial charge in [-0.05, 0) is 17.7 Å². The van der Waals surface area contributed by atoms with Gasteiger partial charge >= 0.3 is 5.70 Å². The second kappa shape index (κ2) is 6.91. The topological polar surface area (TPSA) is 64.4 Å². The van der Waals surface area contributed by atoms with Gasteiger partial charge in [-0.15, -0.1) is 29.8 Å². The van der Waals surface area contributed by atoms with Crippen molar-refractivity contribution in [3.8, 4) is 6.07 Å². The molecule has 0 atom stereocenters. The van der Waals surface area contributed by atoms with Crippen molar-refractivity contribution in [2.45, 2.75) is 0 Å². The highest BCUT2D eigenvalue weighted by molar-refractivity contribution is 7.96. The van der Waals surface area contributed by atoms with Crippen molar-refractivity contribution in [3.63, 3.8) is 0 Å². The summed E-state index contributed by atoms with van der Waals surface area (Å²) in [5.41, 5.74) is 1.90. The molecular formula is C15H11N4S2+. The van der Waals surface area contributed by atoms with Crippen LogP contribution in [0.3, 0.4) is 0 Å². The van der Waals surface area contributed by atoms with Gasteiger partial charge in [0, 0.05) is 39.9 Å². The molecule has 0 fully saturated rings. The van der Waals surface area contributed by atoms with Gasteiger partial charge in [-0.2, -0.15) is 5.26 Å².